The number of hydrogen-bond donors (Lipinski definition) is 2. The molecule has 124 valence electrons. The summed E-state index contributed by atoms with van der Waals surface area (Å²) in [5.74, 6) is -0.425. The van der Waals surface area contributed by atoms with Gasteiger partial charge < -0.3 is 15.0 Å². The van der Waals surface area contributed by atoms with Crippen molar-refractivity contribution in [3.8, 4) is 5.75 Å². The minimum atomic E-state index is -1.26. The lowest BCUT2D eigenvalue weighted by molar-refractivity contribution is -0.384. The summed E-state index contributed by atoms with van der Waals surface area (Å²) in [4.78, 5) is 26.5. The van der Waals surface area contributed by atoms with Crippen molar-refractivity contribution in [1.29, 1.82) is 0 Å². The van der Waals surface area contributed by atoms with Crippen LogP contribution in [-0.2, 0) is 10.3 Å². The van der Waals surface area contributed by atoms with Gasteiger partial charge in [0.2, 0.25) is 5.54 Å². The van der Waals surface area contributed by atoms with Crippen molar-refractivity contribution in [2.24, 2.45) is 0 Å². The van der Waals surface area contributed by atoms with E-state index in [-0.39, 0.29) is 11.4 Å². The van der Waals surface area contributed by atoms with Gasteiger partial charge in [-0.2, -0.15) is 0 Å². The van der Waals surface area contributed by atoms with Crippen LogP contribution >= 0.6 is 0 Å². The van der Waals surface area contributed by atoms with Gasteiger partial charge in [0.1, 0.15) is 0 Å². The first-order chi connectivity index (χ1) is 12.1. The largest absolute Gasteiger partial charge is 0.422 e. The zero-order valence-electron chi connectivity index (χ0n) is 12.9. The molecule has 0 saturated carbocycles. The lowest BCUT2D eigenvalue weighted by Gasteiger charge is -2.37. The molecule has 7 heteroatoms. The fourth-order valence-electron chi connectivity index (χ4n) is 3.02. The number of nitrogens with zero attached hydrogens (tertiary/aromatic N) is 1. The van der Waals surface area contributed by atoms with Crippen molar-refractivity contribution in [3.05, 3.63) is 88.2 Å². The molecule has 25 heavy (non-hydrogen) atoms. The number of esters is 1. The predicted molar refractivity (Wildman–Crippen MR) is 90.4 cm³/mol. The Morgan fingerprint density at radius 3 is 2.52 bits per heavy atom. The second-order valence-corrected chi connectivity index (χ2v) is 5.65. The Balaban J connectivity index is 1.89. The molecule has 0 aliphatic carbocycles. The number of aromatic amines is 1. The zero-order valence-corrected chi connectivity index (χ0v) is 12.9. The van der Waals surface area contributed by atoms with Crippen LogP contribution in [0, 0.1) is 10.1 Å². The minimum Gasteiger partial charge on any atom is -0.422 e. The van der Waals surface area contributed by atoms with Crippen molar-refractivity contribution < 1.29 is 14.5 Å². The molecule has 1 aromatic heterocycles. The predicted octanol–water partition coefficient (Wildman–Crippen LogP) is 3.20. The van der Waals surface area contributed by atoms with Crippen molar-refractivity contribution in [3.63, 3.8) is 0 Å². The van der Waals surface area contributed by atoms with Crippen LogP contribution in [0.25, 0.3) is 0 Å². The third kappa shape index (κ3) is 2.25. The molecular weight excluding hydrogens is 322 g/mol. The molecule has 2 N–H and O–H groups in total. The number of aromatic nitrogens is 1. The molecule has 0 fully saturated rings. The molecule has 0 saturated heterocycles. The number of fused-ring (bicyclic) bond motifs is 1. The van der Waals surface area contributed by atoms with E-state index in [2.05, 4.69) is 10.3 Å². The smallest absolute Gasteiger partial charge is 0.348 e. The average molecular weight is 335 g/mol. The van der Waals surface area contributed by atoms with Crippen molar-refractivity contribution >= 4 is 17.3 Å². The Labute approximate surface area is 142 Å². The van der Waals surface area contributed by atoms with Crippen LogP contribution in [0.1, 0.15) is 11.3 Å². The van der Waals surface area contributed by atoms with E-state index in [0.29, 0.717) is 16.9 Å². The number of anilines is 1. The van der Waals surface area contributed by atoms with Crippen LogP contribution in [-0.4, -0.2) is 15.9 Å². The van der Waals surface area contributed by atoms with E-state index in [9.17, 15) is 14.9 Å². The van der Waals surface area contributed by atoms with Crippen LogP contribution in [0.15, 0.2) is 66.9 Å². The minimum absolute atomic E-state index is 0.136. The van der Waals surface area contributed by atoms with Gasteiger partial charge >= 0.3 is 5.97 Å². The van der Waals surface area contributed by atoms with Gasteiger partial charge in [-0.15, -0.1) is 0 Å². The first-order valence-electron chi connectivity index (χ1n) is 7.59. The zero-order chi connectivity index (χ0) is 17.4. The SMILES string of the molecule is O=C1Oc2cc([N+](=O)[O-])ccc2N[C@@]1(c1ccccc1)c1ccc[nH]1. The maximum absolute atomic E-state index is 13.0. The number of ether oxygens (including phenoxy) is 1. The normalized spacial score (nSPS) is 18.8. The molecule has 1 aliphatic heterocycles. The summed E-state index contributed by atoms with van der Waals surface area (Å²) in [5.41, 5.74) is 0.428. The summed E-state index contributed by atoms with van der Waals surface area (Å²) in [6, 6.07) is 16.9. The molecule has 0 spiro atoms. The van der Waals surface area contributed by atoms with Gasteiger partial charge in [-0.25, -0.2) is 4.79 Å². The van der Waals surface area contributed by atoms with Crippen molar-refractivity contribution in [1.82, 2.24) is 4.98 Å². The Bertz CT molecular complexity index is 954. The number of nitro benzene ring substituents is 1. The van der Waals surface area contributed by atoms with E-state index < -0.39 is 16.4 Å². The summed E-state index contributed by atoms with van der Waals surface area (Å²) in [6.45, 7) is 0. The Morgan fingerprint density at radius 1 is 1.04 bits per heavy atom. The summed E-state index contributed by atoms with van der Waals surface area (Å²) in [7, 11) is 0. The molecule has 1 aliphatic rings. The highest BCUT2D eigenvalue weighted by Crippen LogP contribution is 2.43. The Morgan fingerprint density at radius 2 is 1.84 bits per heavy atom. The molecule has 0 bridgehead atoms. The molecule has 2 aromatic carbocycles. The fraction of sp³-hybridized carbons (Fsp3) is 0.0556. The number of nitro groups is 1. The lowest BCUT2D eigenvalue weighted by Crippen LogP contribution is -2.50. The van der Waals surface area contributed by atoms with Crippen LogP contribution < -0.4 is 10.1 Å². The maximum atomic E-state index is 13.0. The molecule has 7 nitrogen and oxygen atoms in total. The number of carbonyl (C=O) groups is 1. The Hall–Kier alpha value is -3.61. The van der Waals surface area contributed by atoms with Gasteiger partial charge in [0.25, 0.3) is 5.69 Å². The van der Waals surface area contributed by atoms with Gasteiger partial charge in [0.15, 0.2) is 5.75 Å². The monoisotopic (exact) mass is 335 g/mol. The summed E-state index contributed by atoms with van der Waals surface area (Å²) >= 11 is 0. The standard InChI is InChI=1S/C18H13N3O4/c22-17-18(16-7-4-10-19-16,12-5-2-1-3-6-12)20-14-9-8-13(21(23)24)11-15(14)25-17/h1-11,19-20H/t18-/m0/s1. The molecular formula is C18H13N3O4. The molecule has 1 atom stereocenters. The number of benzene rings is 2. The number of hydrogen-bond acceptors (Lipinski definition) is 5. The number of nitrogens with one attached hydrogen (secondary N) is 2. The third-order valence-corrected chi connectivity index (χ3v) is 4.22. The van der Waals surface area contributed by atoms with Gasteiger partial charge in [0.05, 0.1) is 22.4 Å². The van der Waals surface area contributed by atoms with Crippen molar-refractivity contribution in [2.45, 2.75) is 5.54 Å². The van der Waals surface area contributed by atoms with Crippen LogP contribution in [0.4, 0.5) is 11.4 Å². The van der Waals surface area contributed by atoms with E-state index in [1.165, 1.54) is 12.1 Å². The first kappa shape index (κ1) is 14.9. The van der Waals surface area contributed by atoms with Gasteiger partial charge in [0, 0.05) is 12.3 Å². The highest BCUT2D eigenvalue weighted by atomic mass is 16.6. The number of H-pyrrole nitrogens is 1. The van der Waals surface area contributed by atoms with Gasteiger partial charge in [-0.3, -0.25) is 10.1 Å². The highest BCUT2D eigenvalue weighted by molar-refractivity contribution is 5.95. The van der Waals surface area contributed by atoms with Crippen molar-refractivity contribution in [2.75, 3.05) is 5.32 Å². The topological polar surface area (TPSA) is 97.3 Å². The molecule has 2 heterocycles. The molecule has 4 rings (SSSR count). The molecule has 0 radical (unpaired) electrons. The Kier molecular flexibility index (Phi) is 3.28. The second-order valence-electron chi connectivity index (χ2n) is 5.65. The first-order valence-corrected chi connectivity index (χ1v) is 7.59. The van der Waals surface area contributed by atoms with Gasteiger partial charge in [-0.1, -0.05) is 30.3 Å². The van der Waals surface area contributed by atoms with E-state index in [1.54, 1.807) is 24.4 Å². The highest BCUT2D eigenvalue weighted by Gasteiger charge is 2.48. The van der Waals surface area contributed by atoms with E-state index >= 15 is 0 Å². The number of rotatable bonds is 3. The molecule has 0 unspecified atom stereocenters. The van der Waals surface area contributed by atoms with Gasteiger partial charge in [-0.05, 0) is 23.8 Å². The second kappa shape index (κ2) is 5.48. The van der Waals surface area contributed by atoms with Crippen LogP contribution in [0.5, 0.6) is 5.75 Å². The average Bonchev–Trinajstić information content (AvgIpc) is 3.16. The molecule has 0 amide bonds. The van der Waals surface area contributed by atoms with E-state index in [0.717, 1.165) is 0 Å². The molecule has 3 aromatic rings. The summed E-state index contributed by atoms with van der Waals surface area (Å²) in [5, 5.41) is 14.2. The number of carbonyl (C=O) groups excluding carboxylic acids is 1. The van der Waals surface area contributed by atoms with Crippen LogP contribution in [0.3, 0.4) is 0 Å². The number of non-ortho nitro benzene ring substituents is 1. The quantitative estimate of drug-likeness (QED) is 0.331. The lowest BCUT2D eigenvalue weighted by atomic mass is 9.85. The van der Waals surface area contributed by atoms with E-state index in [4.69, 9.17) is 4.74 Å². The summed E-state index contributed by atoms with van der Waals surface area (Å²) < 4.78 is 5.49. The van der Waals surface area contributed by atoms with E-state index in [1.807, 2.05) is 30.3 Å². The summed E-state index contributed by atoms with van der Waals surface area (Å²) in [6.07, 6.45) is 1.72. The maximum Gasteiger partial charge on any atom is 0.348 e. The fourth-order valence-corrected chi connectivity index (χ4v) is 3.02. The third-order valence-electron chi connectivity index (χ3n) is 4.22. The van der Waals surface area contributed by atoms with Crippen LogP contribution in [0.2, 0.25) is 0 Å².